The van der Waals surface area contributed by atoms with Gasteiger partial charge in [-0.1, -0.05) is 0 Å². The third-order valence-electron chi connectivity index (χ3n) is 6.11. The van der Waals surface area contributed by atoms with Gasteiger partial charge in [-0.3, -0.25) is 14.9 Å². The number of rotatable bonds is 6. The quantitative estimate of drug-likeness (QED) is 0.220. The molecule has 0 radical (unpaired) electrons. The summed E-state index contributed by atoms with van der Waals surface area (Å²) in [5.74, 6) is -0.0605. The van der Waals surface area contributed by atoms with Crippen molar-refractivity contribution in [3.8, 4) is 5.75 Å². The molecule has 1 saturated heterocycles. The molecule has 0 spiro atoms. The van der Waals surface area contributed by atoms with Crippen molar-refractivity contribution in [3.63, 3.8) is 0 Å². The number of nitro benzene ring substituents is 1. The Bertz CT molecular complexity index is 1430. The maximum Gasteiger partial charge on any atom is 0.503 e. The van der Waals surface area contributed by atoms with Gasteiger partial charge in [0.1, 0.15) is 17.0 Å². The van der Waals surface area contributed by atoms with E-state index in [2.05, 4.69) is 5.32 Å². The van der Waals surface area contributed by atoms with Crippen LogP contribution >= 0.6 is 0 Å². The number of non-ortho nitro benzene ring substituents is 1. The standard InChI is InChI=1S/C25H26N2O8.CH2O3/c1-14-19(33-21-12-11-20(32-4)25(2,3)35-21)10-7-16-13-18(24(29)34-22(14)16)26-23(28)15-5-8-17(9-6-15)27(30)31;2-1(3)4/h5-10,13,20-21H,11-12H2,1-4H3,(H,26,28);(H2,2,3,4). The van der Waals surface area contributed by atoms with Gasteiger partial charge in [-0.05, 0) is 57.5 Å². The summed E-state index contributed by atoms with van der Waals surface area (Å²) in [6.07, 6.45) is -0.901. The summed E-state index contributed by atoms with van der Waals surface area (Å²) in [4.78, 5) is 43.9. The summed E-state index contributed by atoms with van der Waals surface area (Å²) in [6.45, 7) is 5.69. The number of aryl methyl sites for hydroxylation is 1. The number of ether oxygens (including phenoxy) is 3. The third kappa shape index (κ3) is 7.09. The number of nitro groups is 1. The van der Waals surface area contributed by atoms with Crippen molar-refractivity contribution in [1.29, 1.82) is 0 Å². The van der Waals surface area contributed by atoms with Gasteiger partial charge in [-0.2, -0.15) is 0 Å². The molecule has 0 aliphatic carbocycles. The van der Waals surface area contributed by atoms with E-state index >= 15 is 0 Å². The van der Waals surface area contributed by atoms with Crippen LogP contribution in [0.4, 0.5) is 16.2 Å². The van der Waals surface area contributed by atoms with E-state index in [1.165, 1.54) is 30.3 Å². The maximum absolute atomic E-state index is 12.6. The average molecular weight is 545 g/mol. The van der Waals surface area contributed by atoms with Crippen molar-refractivity contribution in [2.75, 3.05) is 12.4 Å². The Hall–Kier alpha value is -4.49. The van der Waals surface area contributed by atoms with Gasteiger partial charge in [0.15, 0.2) is 0 Å². The molecule has 1 amide bonds. The van der Waals surface area contributed by atoms with E-state index in [9.17, 15) is 19.7 Å². The second-order valence-corrected chi connectivity index (χ2v) is 9.17. The highest BCUT2D eigenvalue weighted by Crippen LogP contribution is 2.34. The molecule has 13 heteroatoms. The van der Waals surface area contributed by atoms with Gasteiger partial charge < -0.3 is 34.2 Å². The van der Waals surface area contributed by atoms with Crippen LogP contribution in [0.2, 0.25) is 0 Å². The fraction of sp³-hybridized carbons (Fsp3) is 0.346. The predicted molar refractivity (Wildman–Crippen MR) is 139 cm³/mol. The van der Waals surface area contributed by atoms with Crippen LogP contribution in [0.1, 0.15) is 42.6 Å². The van der Waals surface area contributed by atoms with Crippen LogP contribution in [0.15, 0.2) is 51.7 Å². The third-order valence-corrected chi connectivity index (χ3v) is 6.11. The molecule has 1 aliphatic rings. The van der Waals surface area contributed by atoms with Crippen LogP contribution in [0.25, 0.3) is 11.0 Å². The molecule has 2 heterocycles. The number of fused-ring (bicyclic) bond motifs is 1. The molecule has 208 valence electrons. The van der Waals surface area contributed by atoms with Gasteiger partial charge in [0.05, 0.1) is 16.6 Å². The van der Waals surface area contributed by atoms with Crippen molar-refractivity contribution >= 4 is 34.4 Å². The number of amides is 1. The number of methoxy groups -OCH3 is 1. The van der Waals surface area contributed by atoms with Gasteiger partial charge >= 0.3 is 11.8 Å². The van der Waals surface area contributed by atoms with Crippen molar-refractivity contribution in [3.05, 3.63) is 74.1 Å². The highest BCUT2D eigenvalue weighted by molar-refractivity contribution is 6.05. The molecule has 2 aromatic carbocycles. The molecule has 3 N–H and O–H groups in total. The Morgan fingerprint density at radius 1 is 1.13 bits per heavy atom. The average Bonchev–Trinajstić information content (AvgIpc) is 2.86. The van der Waals surface area contributed by atoms with Gasteiger partial charge in [0.2, 0.25) is 6.29 Å². The molecule has 0 saturated carbocycles. The lowest BCUT2D eigenvalue weighted by molar-refractivity contribution is -0.384. The molecule has 39 heavy (non-hydrogen) atoms. The molecule has 13 nitrogen and oxygen atoms in total. The molecule has 1 aliphatic heterocycles. The molecule has 0 bridgehead atoms. The fourth-order valence-electron chi connectivity index (χ4n) is 4.18. The fourth-order valence-corrected chi connectivity index (χ4v) is 4.18. The SMILES string of the molecule is COC1CCC(Oc2ccc3cc(NC(=O)c4ccc([N+](=O)[O-])cc4)c(=O)oc3c2C)OC1(C)C.O=C(O)O. The van der Waals surface area contributed by atoms with E-state index in [-0.39, 0.29) is 23.0 Å². The van der Waals surface area contributed by atoms with Crippen LogP contribution < -0.4 is 15.7 Å². The van der Waals surface area contributed by atoms with Crippen molar-refractivity contribution < 1.29 is 43.4 Å². The molecule has 3 aromatic rings. The zero-order chi connectivity index (χ0) is 28.9. The number of benzene rings is 2. The summed E-state index contributed by atoms with van der Waals surface area (Å²) in [7, 11) is 1.66. The van der Waals surface area contributed by atoms with E-state index in [0.29, 0.717) is 28.7 Å². The number of nitrogens with one attached hydrogen (secondary N) is 1. The number of nitrogens with zero attached hydrogens (tertiary/aromatic N) is 1. The van der Waals surface area contributed by atoms with Gasteiger partial charge in [-0.25, -0.2) is 9.59 Å². The Morgan fingerprint density at radius 3 is 2.33 bits per heavy atom. The smallest absolute Gasteiger partial charge is 0.465 e. The van der Waals surface area contributed by atoms with Gasteiger partial charge in [0, 0.05) is 42.2 Å². The van der Waals surface area contributed by atoms with Crippen LogP contribution in [-0.4, -0.2) is 52.3 Å². The first-order chi connectivity index (χ1) is 18.3. The van der Waals surface area contributed by atoms with Gasteiger partial charge in [-0.15, -0.1) is 0 Å². The topological polar surface area (TPSA) is 188 Å². The zero-order valence-corrected chi connectivity index (χ0v) is 21.6. The van der Waals surface area contributed by atoms with Crippen LogP contribution in [0.3, 0.4) is 0 Å². The lowest BCUT2D eigenvalue weighted by Gasteiger charge is -2.41. The number of anilines is 1. The number of hydrogen-bond acceptors (Lipinski definition) is 9. The van der Waals surface area contributed by atoms with E-state index in [0.717, 1.165) is 6.42 Å². The largest absolute Gasteiger partial charge is 0.503 e. The van der Waals surface area contributed by atoms with Crippen molar-refractivity contribution in [1.82, 2.24) is 0 Å². The highest BCUT2D eigenvalue weighted by atomic mass is 16.7. The molecule has 1 fully saturated rings. The van der Waals surface area contributed by atoms with E-state index in [1.807, 2.05) is 13.8 Å². The Kier molecular flexibility index (Phi) is 8.89. The lowest BCUT2D eigenvalue weighted by Crippen LogP contribution is -2.49. The number of carboxylic acid groups (broad SMARTS) is 2. The molecule has 4 rings (SSSR count). The second-order valence-electron chi connectivity index (χ2n) is 9.17. The maximum atomic E-state index is 12.6. The Morgan fingerprint density at radius 2 is 1.77 bits per heavy atom. The molecular formula is C26H28N2O11. The lowest BCUT2D eigenvalue weighted by atomic mass is 9.94. The normalized spacial score (nSPS) is 17.9. The summed E-state index contributed by atoms with van der Waals surface area (Å²) in [6, 6.07) is 10.1. The van der Waals surface area contributed by atoms with Crippen LogP contribution in [-0.2, 0) is 9.47 Å². The first kappa shape index (κ1) is 29.1. The number of carbonyl (C=O) groups is 2. The van der Waals surface area contributed by atoms with Crippen molar-refractivity contribution in [2.24, 2.45) is 0 Å². The van der Waals surface area contributed by atoms with Crippen LogP contribution in [0.5, 0.6) is 5.75 Å². The van der Waals surface area contributed by atoms with Crippen molar-refractivity contribution in [2.45, 2.75) is 51.6 Å². The molecule has 2 atom stereocenters. The summed E-state index contributed by atoms with van der Waals surface area (Å²) < 4.78 is 23.2. The first-order valence-corrected chi connectivity index (χ1v) is 11.7. The summed E-state index contributed by atoms with van der Waals surface area (Å²) in [5.41, 5.74) is -0.287. The Balaban J connectivity index is 0.000000983. The predicted octanol–water partition coefficient (Wildman–Crippen LogP) is 4.79. The first-order valence-electron chi connectivity index (χ1n) is 11.7. The van der Waals surface area contributed by atoms with E-state index in [1.54, 1.807) is 26.2 Å². The van der Waals surface area contributed by atoms with Crippen LogP contribution in [0, 0.1) is 17.0 Å². The zero-order valence-electron chi connectivity index (χ0n) is 21.6. The highest BCUT2D eigenvalue weighted by Gasteiger charge is 2.39. The number of hydrogen-bond donors (Lipinski definition) is 3. The second kappa shape index (κ2) is 11.9. The monoisotopic (exact) mass is 544 g/mol. The Labute approximate surface area is 222 Å². The summed E-state index contributed by atoms with van der Waals surface area (Å²) in [5, 5.41) is 27.8. The summed E-state index contributed by atoms with van der Waals surface area (Å²) >= 11 is 0. The van der Waals surface area contributed by atoms with E-state index < -0.39 is 34.5 Å². The van der Waals surface area contributed by atoms with E-state index in [4.69, 9.17) is 33.6 Å². The molecule has 1 aromatic heterocycles. The number of carbonyl (C=O) groups excluding carboxylic acids is 1. The van der Waals surface area contributed by atoms with Gasteiger partial charge in [0.25, 0.3) is 11.6 Å². The minimum absolute atomic E-state index is 0.0299. The minimum Gasteiger partial charge on any atom is -0.465 e. The minimum atomic E-state index is -1.83. The molecule has 2 unspecified atom stereocenters. The molecular weight excluding hydrogens is 516 g/mol.